The van der Waals surface area contributed by atoms with Crippen LogP contribution in [0.5, 0.6) is 0 Å². The molecule has 4 rings (SSSR count). The Morgan fingerprint density at radius 2 is 1.71 bits per heavy atom. The maximum absolute atomic E-state index is 13.0. The molecule has 156 valence electrons. The average Bonchev–Trinajstić information content (AvgIpc) is 3.19. The third-order valence-electron chi connectivity index (χ3n) is 4.89. The van der Waals surface area contributed by atoms with Crippen molar-refractivity contribution >= 4 is 46.4 Å². The summed E-state index contributed by atoms with van der Waals surface area (Å²) in [6, 6.07) is 18.0. The molecule has 0 fully saturated rings. The number of anilines is 1. The van der Waals surface area contributed by atoms with Gasteiger partial charge < -0.3 is 5.32 Å². The number of carbonyl (C=O) groups excluding carboxylic acids is 1. The maximum atomic E-state index is 13.0. The summed E-state index contributed by atoms with van der Waals surface area (Å²) in [6.45, 7) is 3.93. The first-order valence-corrected chi connectivity index (χ1v) is 10.5. The first kappa shape index (κ1) is 21.4. The molecule has 1 heterocycles. The molecule has 8 heteroatoms. The smallest absolute Gasteiger partial charge is 0.295 e. The van der Waals surface area contributed by atoms with Gasteiger partial charge in [0.1, 0.15) is 0 Å². The highest BCUT2D eigenvalue weighted by atomic mass is 35.5. The lowest BCUT2D eigenvalue weighted by atomic mass is 10.1. The minimum Gasteiger partial charge on any atom is -0.319 e. The largest absolute Gasteiger partial charge is 0.319 e. The lowest BCUT2D eigenvalue weighted by Crippen LogP contribution is -2.15. The summed E-state index contributed by atoms with van der Waals surface area (Å²) in [5.74, 6) is 0.0461. The van der Waals surface area contributed by atoms with Crippen LogP contribution in [0.2, 0.25) is 15.1 Å². The zero-order valence-electron chi connectivity index (χ0n) is 16.7. The van der Waals surface area contributed by atoms with Crippen LogP contribution in [0, 0.1) is 13.8 Å². The average molecular weight is 472 g/mol. The fourth-order valence-corrected chi connectivity index (χ4v) is 3.57. The number of rotatable bonds is 4. The van der Waals surface area contributed by atoms with Gasteiger partial charge in [0.2, 0.25) is 5.82 Å². The Hall–Kier alpha value is -2.86. The van der Waals surface area contributed by atoms with E-state index in [1.807, 2.05) is 38.1 Å². The quantitative estimate of drug-likeness (QED) is 0.357. The summed E-state index contributed by atoms with van der Waals surface area (Å²) >= 11 is 18.4. The monoisotopic (exact) mass is 470 g/mol. The van der Waals surface area contributed by atoms with E-state index in [0.717, 1.165) is 11.1 Å². The van der Waals surface area contributed by atoms with Gasteiger partial charge in [-0.2, -0.15) is 0 Å². The second-order valence-electron chi connectivity index (χ2n) is 6.98. The predicted octanol–water partition coefficient (Wildman–Crippen LogP) is 6.76. The Morgan fingerprint density at radius 1 is 0.935 bits per heavy atom. The van der Waals surface area contributed by atoms with Crippen LogP contribution in [0.4, 0.5) is 5.69 Å². The predicted molar refractivity (Wildman–Crippen MR) is 126 cm³/mol. The van der Waals surface area contributed by atoms with Crippen molar-refractivity contribution in [2.24, 2.45) is 0 Å². The maximum Gasteiger partial charge on any atom is 0.295 e. The number of nitrogens with one attached hydrogen (secondary N) is 1. The molecule has 0 saturated heterocycles. The van der Waals surface area contributed by atoms with Crippen LogP contribution in [0.25, 0.3) is 17.1 Å². The molecular formula is C23H17Cl3N4O. The molecule has 0 spiro atoms. The Balaban J connectivity index is 1.80. The van der Waals surface area contributed by atoms with E-state index >= 15 is 0 Å². The van der Waals surface area contributed by atoms with Gasteiger partial charge in [-0.15, -0.1) is 5.10 Å². The van der Waals surface area contributed by atoms with Gasteiger partial charge >= 0.3 is 0 Å². The van der Waals surface area contributed by atoms with Crippen molar-refractivity contribution in [2.75, 3.05) is 5.32 Å². The number of aromatic nitrogens is 3. The Bertz CT molecular complexity index is 1300. The third kappa shape index (κ3) is 4.44. The van der Waals surface area contributed by atoms with Crippen molar-refractivity contribution < 1.29 is 4.79 Å². The van der Waals surface area contributed by atoms with E-state index < -0.39 is 5.91 Å². The van der Waals surface area contributed by atoms with E-state index in [0.29, 0.717) is 37.8 Å². The van der Waals surface area contributed by atoms with Crippen LogP contribution in [-0.4, -0.2) is 20.7 Å². The number of carbonyl (C=O) groups is 1. The van der Waals surface area contributed by atoms with Gasteiger partial charge in [0, 0.05) is 16.3 Å². The summed E-state index contributed by atoms with van der Waals surface area (Å²) in [5, 5.41) is 8.68. The van der Waals surface area contributed by atoms with Crippen molar-refractivity contribution in [3.63, 3.8) is 0 Å². The Labute approximate surface area is 194 Å². The van der Waals surface area contributed by atoms with Crippen LogP contribution < -0.4 is 5.32 Å². The molecule has 0 saturated carbocycles. The van der Waals surface area contributed by atoms with Gasteiger partial charge in [0.05, 0.1) is 15.7 Å². The van der Waals surface area contributed by atoms with Gasteiger partial charge in [-0.1, -0.05) is 59.1 Å². The number of aryl methyl sites for hydroxylation is 1. The molecule has 0 aliphatic carbocycles. The SMILES string of the molecule is Cc1cccc(NC(=O)c2nc(-c3cccc(Cl)c3)n(-c3ccc(Cl)c(Cl)c3)n2)c1C. The van der Waals surface area contributed by atoms with Crippen LogP contribution in [0.1, 0.15) is 21.7 Å². The minimum absolute atomic E-state index is 0.0157. The lowest BCUT2D eigenvalue weighted by molar-refractivity contribution is 0.101. The summed E-state index contributed by atoms with van der Waals surface area (Å²) in [7, 11) is 0. The molecule has 5 nitrogen and oxygen atoms in total. The second kappa shape index (κ2) is 8.71. The van der Waals surface area contributed by atoms with Gasteiger partial charge in [-0.05, 0) is 61.4 Å². The molecule has 31 heavy (non-hydrogen) atoms. The summed E-state index contributed by atoms with van der Waals surface area (Å²) < 4.78 is 1.55. The number of amides is 1. The summed E-state index contributed by atoms with van der Waals surface area (Å²) in [5.41, 5.74) is 4.08. The van der Waals surface area contributed by atoms with Gasteiger partial charge in [-0.3, -0.25) is 4.79 Å². The third-order valence-corrected chi connectivity index (χ3v) is 5.87. The van der Waals surface area contributed by atoms with Crippen molar-refractivity contribution in [1.29, 1.82) is 0 Å². The molecule has 1 aromatic heterocycles. The molecule has 3 aromatic carbocycles. The van der Waals surface area contributed by atoms with E-state index in [2.05, 4.69) is 15.4 Å². The zero-order valence-corrected chi connectivity index (χ0v) is 18.9. The van der Waals surface area contributed by atoms with Gasteiger partial charge in [0.25, 0.3) is 5.91 Å². The molecule has 0 radical (unpaired) electrons. The lowest BCUT2D eigenvalue weighted by Gasteiger charge is -2.08. The number of hydrogen-bond acceptors (Lipinski definition) is 3. The molecular weight excluding hydrogens is 455 g/mol. The van der Waals surface area contributed by atoms with Crippen molar-refractivity contribution in [3.05, 3.63) is 92.7 Å². The fourth-order valence-electron chi connectivity index (χ4n) is 3.08. The molecule has 0 unspecified atom stereocenters. The van der Waals surface area contributed by atoms with E-state index in [1.165, 1.54) is 0 Å². The number of hydrogen-bond donors (Lipinski definition) is 1. The molecule has 1 N–H and O–H groups in total. The second-order valence-corrected chi connectivity index (χ2v) is 8.23. The molecule has 0 aliphatic rings. The van der Waals surface area contributed by atoms with E-state index in [9.17, 15) is 4.79 Å². The summed E-state index contributed by atoms with van der Waals surface area (Å²) in [4.78, 5) is 17.5. The normalized spacial score (nSPS) is 10.9. The molecule has 0 bridgehead atoms. The number of nitrogens with zero attached hydrogens (tertiary/aromatic N) is 3. The standard InChI is InChI=1S/C23H17Cl3N4O/c1-13-5-3-8-20(14(13)2)27-23(31)21-28-22(15-6-4-7-16(24)11-15)30(29-21)17-9-10-18(25)19(26)12-17/h3-12H,1-2H3,(H,27,31). The number of halogens is 3. The number of benzene rings is 3. The first-order chi connectivity index (χ1) is 14.8. The topological polar surface area (TPSA) is 59.8 Å². The van der Waals surface area contributed by atoms with E-state index in [-0.39, 0.29) is 5.82 Å². The van der Waals surface area contributed by atoms with Crippen LogP contribution in [0.15, 0.2) is 60.7 Å². The van der Waals surface area contributed by atoms with Gasteiger partial charge in [0.15, 0.2) is 5.82 Å². The van der Waals surface area contributed by atoms with Crippen molar-refractivity contribution in [3.8, 4) is 17.1 Å². The summed E-state index contributed by atoms with van der Waals surface area (Å²) in [6.07, 6.45) is 0. The zero-order chi connectivity index (χ0) is 22.1. The highest BCUT2D eigenvalue weighted by Crippen LogP contribution is 2.28. The van der Waals surface area contributed by atoms with Crippen LogP contribution in [0.3, 0.4) is 0 Å². The van der Waals surface area contributed by atoms with Crippen LogP contribution >= 0.6 is 34.8 Å². The van der Waals surface area contributed by atoms with E-state index in [4.69, 9.17) is 34.8 Å². The Morgan fingerprint density at radius 3 is 2.45 bits per heavy atom. The van der Waals surface area contributed by atoms with Crippen molar-refractivity contribution in [1.82, 2.24) is 14.8 Å². The molecule has 1 amide bonds. The highest BCUT2D eigenvalue weighted by molar-refractivity contribution is 6.42. The molecule has 0 aliphatic heterocycles. The molecule has 4 aromatic rings. The first-order valence-electron chi connectivity index (χ1n) is 9.39. The fraction of sp³-hybridized carbons (Fsp3) is 0.0870. The van der Waals surface area contributed by atoms with Gasteiger partial charge in [-0.25, -0.2) is 9.67 Å². The Kier molecular flexibility index (Phi) is 6.01. The highest BCUT2D eigenvalue weighted by Gasteiger charge is 2.20. The minimum atomic E-state index is -0.421. The van der Waals surface area contributed by atoms with Crippen LogP contribution in [-0.2, 0) is 0 Å². The van der Waals surface area contributed by atoms with Crippen molar-refractivity contribution in [2.45, 2.75) is 13.8 Å². The molecule has 0 atom stereocenters. The van der Waals surface area contributed by atoms with E-state index in [1.54, 1.807) is 41.1 Å².